The van der Waals surface area contributed by atoms with Crippen LogP contribution in [0.3, 0.4) is 0 Å². The molecule has 0 aliphatic carbocycles. The fourth-order valence-electron chi connectivity index (χ4n) is 3.60. The molecule has 0 heterocycles. The van der Waals surface area contributed by atoms with E-state index in [2.05, 4.69) is 5.32 Å². The maximum absolute atomic E-state index is 12.0. The minimum Gasteiger partial charge on any atom is -0.481 e. The lowest BCUT2D eigenvalue weighted by molar-refractivity contribution is -0.146. The number of halogens is 1. The number of amides is 1. The van der Waals surface area contributed by atoms with E-state index < -0.39 is 73.9 Å². The monoisotopic (exact) mass is 711 g/mol. The van der Waals surface area contributed by atoms with Gasteiger partial charge in [0.05, 0.1) is 49.1 Å². The number of carbonyl (C=O) groups is 8. The lowest BCUT2D eigenvalue weighted by atomic mass is 10.1. The number of nitrogens with one attached hydrogen (secondary N) is 1. The summed E-state index contributed by atoms with van der Waals surface area (Å²) in [5.41, 5.74) is 0.827. The lowest BCUT2D eigenvalue weighted by Gasteiger charge is -2.30. The zero-order valence-corrected chi connectivity index (χ0v) is 27.5. The van der Waals surface area contributed by atoms with Crippen LogP contribution in [0.4, 0.5) is 5.69 Å². The van der Waals surface area contributed by atoms with Crippen molar-refractivity contribution >= 4 is 64.8 Å². The summed E-state index contributed by atoms with van der Waals surface area (Å²) in [6, 6.07) is 11.5. The van der Waals surface area contributed by atoms with Gasteiger partial charge in [0.25, 0.3) is 0 Å². The molecule has 17 nitrogen and oxygen atoms in total. The van der Waals surface area contributed by atoms with Crippen molar-refractivity contribution in [1.82, 2.24) is 9.80 Å². The number of rotatable bonds is 17. The zero-order valence-electron chi connectivity index (χ0n) is 26.7. The highest BCUT2D eigenvalue weighted by molar-refractivity contribution is 6.34. The van der Waals surface area contributed by atoms with Crippen molar-refractivity contribution in [2.75, 3.05) is 38.0 Å². The third kappa shape index (κ3) is 19.8. The summed E-state index contributed by atoms with van der Waals surface area (Å²) >= 11 is 5.90. The van der Waals surface area contributed by atoms with Crippen molar-refractivity contribution in [3.63, 3.8) is 0 Å². The summed E-state index contributed by atoms with van der Waals surface area (Å²) in [6.45, 7) is 2.55. The van der Waals surface area contributed by atoms with E-state index in [1.807, 2.05) is 0 Å². The predicted octanol–water partition coefficient (Wildman–Crippen LogP) is 2.29. The van der Waals surface area contributed by atoms with Gasteiger partial charge < -0.3 is 36.0 Å². The molecule has 0 spiro atoms. The predicted molar refractivity (Wildman–Crippen MR) is 173 cm³/mol. The number of carboxylic acid groups (broad SMARTS) is 6. The Balaban J connectivity index is 0.000000808. The highest BCUT2D eigenvalue weighted by Gasteiger charge is 2.24. The molecule has 0 bridgehead atoms. The number of Topliss-reactive ketones (excluding diaryl/α,β-unsaturated/α-hetero) is 1. The van der Waals surface area contributed by atoms with Gasteiger partial charge in [-0.15, -0.1) is 0 Å². The van der Waals surface area contributed by atoms with Crippen LogP contribution in [0.5, 0.6) is 0 Å². The number of benzene rings is 2. The van der Waals surface area contributed by atoms with Crippen LogP contribution in [0.25, 0.3) is 0 Å². The fraction of sp³-hybridized carbons (Fsp3) is 0.355. The second kappa shape index (κ2) is 22.2. The summed E-state index contributed by atoms with van der Waals surface area (Å²) in [4.78, 5) is 89.2. The molecule has 0 aliphatic heterocycles. The van der Waals surface area contributed by atoms with Gasteiger partial charge in [-0.1, -0.05) is 37.6 Å². The quantitative estimate of drug-likeness (QED) is 0.0915. The topological polar surface area (TPSA) is 276 Å². The number of hydrogen-bond acceptors (Lipinski definition) is 10. The average Bonchev–Trinajstić information content (AvgIpc) is 2.96. The number of nitrogens with zero attached hydrogens (tertiary/aromatic N) is 2. The van der Waals surface area contributed by atoms with Gasteiger partial charge in [-0.2, -0.15) is 0 Å². The van der Waals surface area contributed by atoms with E-state index in [1.165, 1.54) is 31.2 Å². The maximum atomic E-state index is 12.0. The molecule has 1 amide bonds. The molecular formula is C31H38ClN3O14. The van der Waals surface area contributed by atoms with Crippen molar-refractivity contribution in [2.45, 2.75) is 33.2 Å². The molecule has 1 unspecified atom stereocenters. The molecule has 0 fully saturated rings. The summed E-state index contributed by atoms with van der Waals surface area (Å²) < 4.78 is 0. The van der Waals surface area contributed by atoms with E-state index in [0.29, 0.717) is 16.3 Å². The van der Waals surface area contributed by atoms with E-state index >= 15 is 0 Å². The molecule has 18 heteroatoms. The minimum atomic E-state index is -1.23. The number of hydrogen-bond donors (Lipinski definition) is 7. The normalized spacial score (nSPS) is 10.9. The van der Waals surface area contributed by atoms with E-state index in [-0.39, 0.29) is 30.2 Å². The number of carbonyl (C=O) groups excluding carboxylic acids is 2. The van der Waals surface area contributed by atoms with Crippen molar-refractivity contribution in [1.29, 1.82) is 0 Å². The van der Waals surface area contributed by atoms with Crippen LogP contribution in [-0.4, -0.2) is 127 Å². The summed E-state index contributed by atoms with van der Waals surface area (Å²) in [5, 5.41) is 54.5. The minimum absolute atomic E-state index is 0.0842. The molecule has 1 atom stereocenters. The van der Waals surface area contributed by atoms with Crippen molar-refractivity contribution < 1.29 is 69.0 Å². The molecule has 0 aliphatic rings. The first kappa shape index (κ1) is 43.6. The SMILES string of the molecule is CC(C)C(=O)O.CC(CN(CC(=O)O)CC(=O)O)N(CC(=O)O)CC(=O)O.O=C(CC(=O)c1ccccc1Cl)Nc1ccc(C(=O)O)cc1. The smallest absolute Gasteiger partial charge is 0.335 e. The Labute approximate surface area is 285 Å². The fourth-order valence-corrected chi connectivity index (χ4v) is 3.84. The molecule has 2 aromatic rings. The van der Waals surface area contributed by atoms with Crippen LogP contribution < -0.4 is 5.32 Å². The molecule has 268 valence electrons. The van der Waals surface area contributed by atoms with Gasteiger partial charge in [0.1, 0.15) is 0 Å². The van der Waals surface area contributed by atoms with Gasteiger partial charge in [0.15, 0.2) is 5.78 Å². The van der Waals surface area contributed by atoms with Crippen molar-refractivity contribution in [3.8, 4) is 0 Å². The van der Waals surface area contributed by atoms with Crippen molar-refractivity contribution in [2.24, 2.45) is 5.92 Å². The third-order valence-corrected chi connectivity index (χ3v) is 6.27. The zero-order chi connectivity index (χ0) is 37.8. The standard InChI is InChI=1S/C16H12ClNO4.C11H18N2O8.C4H8O2/c17-13-4-2-1-3-12(13)14(19)9-15(20)18-11-7-5-10(6-8-11)16(21)22;1-7(13(5-10(18)19)6-11(20)21)2-12(3-8(14)15)4-9(16)17;1-3(2)4(5)6/h1-8H,9H2,(H,18,20)(H,21,22);7H,2-6H2,1H3,(H,14,15)(H,16,17)(H,18,19)(H,20,21);3H,1-2H3,(H,5,6). The number of aromatic carboxylic acids is 1. The molecule has 0 radical (unpaired) electrons. The third-order valence-electron chi connectivity index (χ3n) is 5.95. The number of ketones is 1. The largest absolute Gasteiger partial charge is 0.481 e. The molecule has 0 saturated heterocycles. The second-order valence-corrected chi connectivity index (χ2v) is 10.9. The molecule has 2 aromatic carbocycles. The maximum Gasteiger partial charge on any atom is 0.335 e. The molecule has 7 N–H and O–H groups in total. The second-order valence-electron chi connectivity index (χ2n) is 10.5. The number of anilines is 1. The molecule has 2 rings (SSSR count). The first-order chi connectivity index (χ1) is 22.7. The van der Waals surface area contributed by atoms with Crippen LogP contribution in [0.15, 0.2) is 48.5 Å². The lowest BCUT2D eigenvalue weighted by Crippen LogP contribution is -2.48. The number of aliphatic carboxylic acids is 5. The first-order valence-electron chi connectivity index (χ1n) is 14.2. The van der Waals surface area contributed by atoms with Crippen LogP contribution in [0.1, 0.15) is 47.9 Å². The Kier molecular flexibility index (Phi) is 19.8. The van der Waals surface area contributed by atoms with E-state index in [4.69, 9.17) is 42.2 Å². The number of carboxylic acids is 6. The van der Waals surface area contributed by atoms with Crippen LogP contribution in [-0.2, 0) is 28.8 Å². The Morgan fingerprint density at radius 2 is 1.14 bits per heavy atom. The Morgan fingerprint density at radius 1 is 0.694 bits per heavy atom. The van der Waals surface area contributed by atoms with Gasteiger partial charge >= 0.3 is 35.8 Å². The van der Waals surface area contributed by atoms with Gasteiger partial charge in [0, 0.05) is 23.8 Å². The summed E-state index contributed by atoms with van der Waals surface area (Å²) in [5.74, 6) is -7.82. The van der Waals surface area contributed by atoms with E-state index in [0.717, 1.165) is 9.80 Å². The van der Waals surface area contributed by atoms with E-state index in [1.54, 1.807) is 38.1 Å². The van der Waals surface area contributed by atoms with Gasteiger partial charge in [0.2, 0.25) is 5.91 Å². The van der Waals surface area contributed by atoms with Gasteiger partial charge in [-0.3, -0.25) is 43.4 Å². The summed E-state index contributed by atoms with van der Waals surface area (Å²) in [7, 11) is 0. The average molecular weight is 712 g/mol. The Bertz CT molecular complexity index is 1450. The van der Waals surface area contributed by atoms with Gasteiger partial charge in [-0.05, 0) is 43.3 Å². The van der Waals surface area contributed by atoms with Crippen LogP contribution in [0.2, 0.25) is 5.02 Å². The van der Waals surface area contributed by atoms with Crippen molar-refractivity contribution in [3.05, 3.63) is 64.7 Å². The molecule has 0 aromatic heterocycles. The van der Waals surface area contributed by atoms with Crippen LogP contribution in [0, 0.1) is 5.92 Å². The Morgan fingerprint density at radius 3 is 1.53 bits per heavy atom. The van der Waals surface area contributed by atoms with Crippen LogP contribution >= 0.6 is 11.6 Å². The highest BCUT2D eigenvalue weighted by atomic mass is 35.5. The first-order valence-corrected chi connectivity index (χ1v) is 14.6. The highest BCUT2D eigenvalue weighted by Crippen LogP contribution is 2.17. The van der Waals surface area contributed by atoms with E-state index in [9.17, 15) is 38.4 Å². The van der Waals surface area contributed by atoms with Gasteiger partial charge in [-0.25, -0.2) is 4.79 Å². The summed E-state index contributed by atoms with van der Waals surface area (Å²) in [6.07, 6.45) is -0.343. The Hall–Kier alpha value is -5.39. The molecular weight excluding hydrogens is 674 g/mol. The molecule has 0 saturated carbocycles. The molecule has 49 heavy (non-hydrogen) atoms.